The molecule has 1 fully saturated rings. The minimum atomic E-state index is 0.0406. The van der Waals surface area contributed by atoms with Gasteiger partial charge in [-0.1, -0.05) is 13.8 Å². The van der Waals surface area contributed by atoms with Crippen LogP contribution in [-0.2, 0) is 0 Å². The van der Waals surface area contributed by atoms with Gasteiger partial charge in [0, 0.05) is 40.6 Å². The number of nitrogens with zero attached hydrogens (tertiary/aromatic N) is 6. The van der Waals surface area contributed by atoms with Crippen LogP contribution in [0, 0.1) is 20.8 Å². The molecule has 0 unspecified atom stereocenters. The predicted octanol–water partition coefficient (Wildman–Crippen LogP) is 3.87. The van der Waals surface area contributed by atoms with Gasteiger partial charge in [-0.3, -0.25) is 9.69 Å². The lowest BCUT2D eigenvalue weighted by Crippen LogP contribution is -2.38. The molecule has 0 spiro atoms. The number of amides is 1. The van der Waals surface area contributed by atoms with Gasteiger partial charge in [0.1, 0.15) is 0 Å². The van der Waals surface area contributed by atoms with Crippen molar-refractivity contribution in [3.63, 3.8) is 0 Å². The van der Waals surface area contributed by atoms with E-state index in [1.54, 1.807) is 28.4 Å². The van der Waals surface area contributed by atoms with Crippen LogP contribution in [0.5, 0.6) is 0 Å². The van der Waals surface area contributed by atoms with E-state index in [0.717, 1.165) is 49.6 Å². The molecule has 3 aromatic heterocycles. The van der Waals surface area contributed by atoms with Crippen LogP contribution >= 0.6 is 11.3 Å². The smallest absolute Gasteiger partial charge is 0.257 e. The average Bonchev–Trinajstić information content (AvgIpc) is 3.47. The Morgan fingerprint density at radius 1 is 1.26 bits per heavy atom. The Morgan fingerprint density at radius 3 is 2.71 bits per heavy atom. The summed E-state index contributed by atoms with van der Waals surface area (Å²) in [6, 6.07) is 4.50. The number of carbonyl (C=O) groups is 1. The molecule has 1 aliphatic heterocycles. The van der Waals surface area contributed by atoms with Gasteiger partial charge in [0.05, 0.1) is 23.1 Å². The summed E-state index contributed by atoms with van der Waals surface area (Å²) in [5.41, 5.74) is 3.38. The molecule has 1 aliphatic rings. The number of likely N-dealkylation sites (tertiary alicyclic amines) is 1. The largest absolute Gasteiger partial charge is 0.337 e. The third-order valence-corrected chi connectivity index (χ3v) is 7.13. The normalized spacial score (nSPS) is 16.5. The molecular weight excluding hydrogens is 408 g/mol. The number of hydrogen-bond acceptors (Lipinski definition) is 6. The van der Waals surface area contributed by atoms with Crippen molar-refractivity contribution in [1.29, 1.82) is 0 Å². The third kappa shape index (κ3) is 4.14. The first-order chi connectivity index (χ1) is 14.9. The Bertz CT molecular complexity index is 1080. The second-order valence-electron chi connectivity index (χ2n) is 8.04. The van der Waals surface area contributed by atoms with Crippen molar-refractivity contribution in [3.05, 3.63) is 45.5 Å². The Labute approximate surface area is 187 Å². The molecular formula is C23H30N6OS. The fraction of sp³-hybridized carbons (Fsp3) is 0.478. The highest BCUT2D eigenvalue weighted by molar-refractivity contribution is 7.12. The van der Waals surface area contributed by atoms with E-state index in [4.69, 9.17) is 4.98 Å². The highest BCUT2D eigenvalue weighted by Crippen LogP contribution is 2.29. The topological polar surface area (TPSA) is 67.2 Å². The summed E-state index contributed by atoms with van der Waals surface area (Å²) in [6.07, 6.45) is 4.42. The summed E-state index contributed by atoms with van der Waals surface area (Å²) >= 11 is 1.76. The standard InChI is InChI=1S/C23H30N6OS/c1-6-27(7-2)18-9-11-28(14-18)22(30)20-13-25-29(16(20)4)23-24-10-8-21(26-23)19-12-15(3)31-17(19)5/h8,10,12-13,18H,6-7,9,11,14H2,1-5H3/t18-/m1/s1. The van der Waals surface area contributed by atoms with Crippen LogP contribution in [0.1, 0.15) is 46.1 Å². The van der Waals surface area contributed by atoms with Crippen LogP contribution in [0.2, 0.25) is 0 Å². The summed E-state index contributed by atoms with van der Waals surface area (Å²) in [6.45, 7) is 14.0. The minimum Gasteiger partial charge on any atom is -0.337 e. The SMILES string of the molecule is CCN(CC)[C@@H]1CCN(C(=O)c2cnn(-c3nccc(-c4cc(C)sc4C)n3)c2C)C1. The molecule has 3 aromatic rings. The Hall–Kier alpha value is -2.58. The monoisotopic (exact) mass is 438 g/mol. The predicted molar refractivity (Wildman–Crippen MR) is 124 cm³/mol. The van der Waals surface area contributed by atoms with Gasteiger partial charge in [0.2, 0.25) is 0 Å². The lowest BCUT2D eigenvalue weighted by Gasteiger charge is -2.26. The van der Waals surface area contributed by atoms with E-state index in [0.29, 0.717) is 17.6 Å². The van der Waals surface area contributed by atoms with Gasteiger partial charge < -0.3 is 4.90 Å². The summed E-state index contributed by atoms with van der Waals surface area (Å²) in [7, 11) is 0. The quantitative estimate of drug-likeness (QED) is 0.584. The van der Waals surface area contributed by atoms with Crippen LogP contribution < -0.4 is 0 Å². The van der Waals surface area contributed by atoms with Gasteiger partial charge in [-0.2, -0.15) is 5.10 Å². The number of likely N-dealkylation sites (N-methyl/N-ethyl adjacent to an activating group) is 1. The van der Waals surface area contributed by atoms with Gasteiger partial charge in [-0.25, -0.2) is 14.6 Å². The van der Waals surface area contributed by atoms with Crippen molar-refractivity contribution in [2.24, 2.45) is 0 Å². The van der Waals surface area contributed by atoms with E-state index < -0.39 is 0 Å². The first kappa shape index (κ1) is 21.6. The number of aryl methyl sites for hydroxylation is 2. The lowest BCUT2D eigenvalue weighted by molar-refractivity contribution is 0.0777. The molecule has 1 atom stereocenters. The third-order valence-electron chi connectivity index (χ3n) is 6.17. The van der Waals surface area contributed by atoms with Gasteiger partial charge in [-0.05, 0) is 52.4 Å². The van der Waals surface area contributed by atoms with E-state index in [1.165, 1.54) is 9.75 Å². The second kappa shape index (κ2) is 8.88. The Morgan fingerprint density at radius 2 is 2.03 bits per heavy atom. The number of hydrogen-bond donors (Lipinski definition) is 0. The fourth-order valence-electron chi connectivity index (χ4n) is 4.44. The van der Waals surface area contributed by atoms with Crippen molar-refractivity contribution in [2.45, 2.75) is 47.1 Å². The summed E-state index contributed by atoms with van der Waals surface area (Å²) < 4.78 is 1.67. The second-order valence-corrected chi connectivity index (χ2v) is 9.50. The van der Waals surface area contributed by atoms with Crippen LogP contribution in [0.15, 0.2) is 24.5 Å². The van der Waals surface area contributed by atoms with Crippen molar-refractivity contribution < 1.29 is 4.79 Å². The molecule has 164 valence electrons. The summed E-state index contributed by atoms with van der Waals surface area (Å²) in [5.74, 6) is 0.526. The van der Waals surface area contributed by atoms with Crippen LogP contribution in [-0.4, -0.2) is 67.7 Å². The molecule has 4 rings (SSSR count). The molecule has 0 aromatic carbocycles. The summed E-state index contributed by atoms with van der Waals surface area (Å²) in [5, 5.41) is 4.46. The zero-order chi connectivity index (χ0) is 22.1. The van der Waals surface area contributed by atoms with Crippen LogP contribution in [0.3, 0.4) is 0 Å². The molecule has 1 saturated heterocycles. The maximum atomic E-state index is 13.2. The minimum absolute atomic E-state index is 0.0406. The Balaban J connectivity index is 1.57. The molecule has 0 aliphatic carbocycles. The van der Waals surface area contributed by atoms with E-state index in [1.807, 2.05) is 17.9 Å². The number of aromatic nitrogens is 4. The zero-order valence-electron chi connectivity index (χ0n) is 18.9. The molecule has 1 amide bonds. The molecule has 7 nitrogen and oxygen atoms in total. The molecule has 31 heavy (non-hydrogen) atoms. The van der Waals surface area contributed by atoms with E-state index in [-0.39, 0.29) is 5.91 Å². The molecule has 0 saturated carbocycles. The number of rotatable bonds is 6. The van der Waals surface area contributed by atoms with Gasteiger partial charge in [0.15, 0.2) is 0 Å². The maximum absolute atomic E-state index is 13.2. The summed E-state index contributed by atoms with van der Waals surface area (Å²) in [4.78, 5) is 29.2. The van der Waals surface area contributed by atoms with E-state index >= 15 is 0 Å². The maximum Gasteiger partial charge on any atom is 0.257 e. The molecule has 0 bridgehead atoms. The highest BCUT2D eigenvalue weighted by atomic mass is 32.1. The van der Waals surface area contributed by atoms with Crippen molar-refractivity contribution in [3.8, 4) is 17.2 Å². The lowest BCUT2D eigenvalue weighted by atomic mass is 10.2. The van der Waals surface area contributed by atoms with Crippen molar-refractivity contribution in [1.82, 2.24) is 29.5 Å². The van der Waals surface area contributed by atoms with Crippen LogP contribution in [0.25, 0.3) is 17.2 Å². The number of carbonyl (C=O) groups excluding carboxylic acids is 1. The van der Waals surface area contributed by atoms with Crippen molar-refractivity contribution in [2.75, 3.05) is 26.2 Å². The molecule has 8 heteroatoms. The fourth-order valence-corrected chi connectivity index (χ4v) is 5.37. The van der Waals surface area contributed by atoms with Gasteiger partial charge >= 0.3 is 0 Å². The van der Waals surface area contributed by atoms with Gasteiger partial charge in [0.25, 0.3) is 11.9 Å². The first-order valence-electron chi connectivity index (χ1n) is 10.9. The van der Waals surface area contributed by atoms with Crippen molar-refractivity contribution >= 4 is 17.2 Å². The van der Waals surface area contributed by atoms with E-state index in [2.05, 4.69) is 48.7 Å². The van der Waals surface area contributed by atoms with E-state index in [9.17, 15) is 4.79 Å². The molecule has 0 radical (unpaired) electrons. The average molecular weight is 439 g/mol. The molecule has 0 N–H and O–H groups in total. The first-order valence-corrected chi connectivity index (χ1v) is 11.7. The van der Waals surface area contributed by atoms with Crippen LogP contribution in [0.4, 0.5) is 0 Å². The molecule has 4 heterocycles. The highest BCUT2D eigenvalue weighted by Gasteiger charge is 2.31. The van der Waals surface area contributed by atoms with Gasteiger partial charge in [-0.15, -0.1) is 11.3 Å². The zero-order valence-corrected chi connectivity index (χ0v) is 19.7. The Kier molecular flexibility index (Phi) is 6.20. The number of thiophene rings is 1.